The first kappa shape index (κ1) is 22.8. The van der Waals surface area contributed by atoms with Crippen LogP contribution >= 0.6 is 33.9 Å². The molecule has 10 nitrogen and oxygen atoms in total. The summed E-state index contributed by atoms with van der Waals surface area (Å²) in [6.45, 7) is -0.575. The summed E-state index contributed by atoms with van der Waals surface area (Å²) in [7, 11) is -3.97. The van der Waals surface area contributed by atoms with Gasteiger partial charge in [-0.05, 0) is 59.0 Å². The van der Waals surface area contributed by atoms with Crippen molar-refractivity contribution in [2.24, 2.45) is 0 Å². The van der Waals surface area contributed by atoms with Crippen molar-refractivity contribution in [2.45, 2.75) is 9.10 Å². The SMILES string of the molecule is O=C(COC(=O)c1ccc(I)cc1)Nc1ncc(S(=O)(=O)c2ccc([N+](=O)[O-])cc2)s1. The van der Waals surface area contributed by atoms with Gasteiger partial charge in [-0.1, -0.05) is 11.3 Å². The number of benzene rings is 2. The number of carbonyl (C=O) groups is 2. The van der Waals surface area contributed by atoms with E-state index < -0.39 is 33.2 Å². The second-order valence-corrected chi connectivity index (χ2v) is 10.3. The van der Waals surface area contributed by atoms with Crippen LogP contribution in [0.5, 0.6) is 0 Å². The molecule has 1 aromatic heterocycles. The van der Waals surface area contributed by atoms with E-state index in [9.17, 15) is 28.1 Å². The number of nitrogens with zero attached hydrogens (tertiary/aromatic N) is 2. The van der Waals surface area contributed by atoms with Crippen LogP contribution in [0.3, 0.4) is 0 Å². The summed E-state index contributed by atoms with van der Waals surface area (Å²) in [5.74, 6) is -1.36. The van der Waals surface area contributed by atoms with Gasteiger partial charge in [-0.15, -0.1) is 0 Å². The zero-order valence-electron chi connectivity index (χ0n) is 15.3. The topological polar surface area (TPSA) is 146 Å². The maximum Gasteiger partial charge on any atom is 0.338 e. The number of hydrogen-bond donors (Lipinski definition) is 1. The Balaban J connectivity index is 1.62. The van der Waals surface area contributed by atoms with E-state index in [0.29, 0.717) is 16.9 Å². The van der Waals surface area contributed by atoms with Crippen LogP contribution in [0, 0.1) is 13.7 Å². The molecular formula is C18H12IN3O7S2. The smallest absolute Gasteiger partial charge is 0.338 e. The first-order valence-electron chi connectivity index (χ1n) is 8.35. The maximum absolute atomic E-state index is 12.6. The zero-order valence-corrected chi connectivity index (χ0v) is 19.1. The molecule has 31 heavy (non-hydrogen) atoms. The highest BCUT2D eigenvalue weighted by Crippen LogP contribution is 2.29. The van der Waals surface area contributed by atoms with E-state index >= 15 is 0 Å². The molecule has 1 heterocycles. The number of sulfone groups is 1. The van der Waals surface area contributed by atoms with Crippen LogP contribution in [-0.2, 0) is 19.4 Å². The summed E-state index contributed by atoms with van der Waals surface area (Å²) in [5.41, 5.74) is 0.0509. The van der Waals surface area contributed by atoms with Crippen molar-refractivity contribution in [2.75, 3.05) is 11.9 Å². The summed E-state index contributed by atoms with van der Waals surface area (Å²) in [6.07, 6.45) is 1.06. The first-order chi connectivity index (χ1) is 14.7. The van der Waals surface area contributed by atoms with Crippen LogP contribution in [0.4, 0.5) is 10.8 Å². The average Bonchev–Trinajstić information content (AvgIpc) is 3.22. The van der Waals surface area contributed by atoms with Gasteiger partial charge in [0, 0.05) is 15.7 Å². The summed E-state index contributed by atoms with van der Waals surface area (Å²) >= 11 is 2.79. The molecule has 0 saturated heterocycles. The zero-order chi connectivity index (χ0) is 22.6. The minimum Gasteiger partial charge on any atom is -0.452 e. The number of thiazole rings is 1. The van der Waals surface area contributed by atoms with Gasteiger partial charge in [0.15, 0.2) is 11.7 Å². The van der Waals surface area contributed by atoms with Gasteiger partial charge in [-0.25, -0.2) is 18.2 Å². The summed E-state index contributed by atoms with van der Waals surface area (Å²) < 4.78 is 31.0. The van der Waals surface area contributed by atoms with Gasteiger partial charge in [0.25, 0.3) is 11.6 Å². The molecule has 0 spiro atoms. The standard InChI is InChI=1S/C18H12IN3O7S2/c19-12-3-1-11(2-4-12)17(24)29-10-15(23)21-18-20-9-16(30-18)31(27,28)14-7-5-13(6-8-14)22(25)26/h1-9H,10H2,(H,20,21,23). The van der Waals surface area contributed by atoms with Gasteiger partial charge in [0.1, 0.15) is 4.21 Å². The van der Waals surface area contributed by atoms with Gasteiger partial charge in [-0.3, -0.25) is 20.2 Å². The van der Waals surface area contributed by atoms with Gasteiger partial charge >= 0.3 is 5.97 Å². The van der Waals surface area contributed by atoms with Crippen molar-refractivity contribution in [3.63, 3.8) is 0 Å². The third-order valence-corrected chi connectivity index (χ3v) is 7.63. The molecule has 3 aromatic rings. The van der Waals surface area contributed by atoms with E-state index in [1.165, 1.54) is 0 Å². The lowest BCUT2D eigenvalue weighted by Crippen LogP contribution is -2.20. The normalized spacial score (nSPS) is 11.0. The molecule has 0 radical (unpaired) electrons. The monoisotopic (exact) mass is 573 g/mol. The Kier molecular flexibility index (Phi) is 6.97. The van der Waals surface area contributed by atoms with Crippen molar-refractivity contribution in [1.29, 1.82) is 0 Å². The predicted octanol–water partition coefficient (Wildman–Crippen LogP) is 3.28. The molecule has 0 unspecified atom stereocenters. The van der Waals surface area contributed by atoms with E-state index in [4.69, 9.17) is 4.74 Å². The van der Waals surface area contributed by atoms with Crippen molar-refractivity contribution in [3.8, 4) is 0 Å². The Morgan fingerprint density at radius 2 is 1.77 bits per heavy atom. The molecule has 1 amide bonds. The Hall–Kier alpha value is -2.91. The van der Waals surface area contributed by atoms with Crippen LogP contribution in [0.25, 0.3) is 0 Å². The lowest BCUT2D eigenvalue weighted by molar-refractivity contribution is -0.384. The highest BCUT2D eigenvalue weighted by atomic mass is 127. The molecule has 0 aliphatic rings. The number of ether oxygens (including phenoxy) is 1. The second-order valence-electron chi connectivity index (χ2n) is 5.87. The molecular weight excluding hydrogens is 561 g/mol. The fraction of sp³-hybridized carbons (Fsp3) is 0.0556. The van der Waals surface area contributed by atoms with Crippen molar-refractivity contribution in [3.05, 3.63) is 74.0 Å². The van der Waals surface area contributed by atoms with E-state index in [1.54, 1.807) is 24.3 Å². The fourth-order valence-electron chi connectivity index (χ4n) is 2.26. The molecule has 13 heteroatoms. The molecule has 0 atom stereocenters. The molecule has 160 valence electrons. The van der Waals surface area contributed by atoms with Crippen molar-refractivity contribution < 1.29 is 27.7 Å². The Labute approximate surface area is 193 Å². The first-order valence-corrected chi connectivity index (χ1v) is 11.7. The van der Waals surface area contributed by atoms with Gasteiger partial charge in [-0.2, -0.15) is 0 Å². The maximum atomic E-state index is 12.6. The Bertz CT molecular complexity index is 1240. The van der Waals surface area contributed by atoms with Crippen LogP contribution in [0.2, 0.25) is 0 Å². The van der Waals surface area contributed by atoms with E-state index in [0.717, 1.165) is 34.0 Å². The number of hydrogen-bond acceptors (Lipinski definition) is 9. The van der Waals surface area contributed by atoms with Gasteiger partial charge < -0.3 is 4.74 Å². The third-order valence-electron chi connectivity index (χ3n) is 3.77. The number of aromatic nitrogens is 1. The average molecular weight is 573 g/mol. The predicted molar refractivity (Wildman–Crippen MR) is 119 cm³/mol. The number of amides is 1. The number of nitro benzene ring substituents is 1. The Morgan fingerprint density at radius 1 is 1.13 bits per heavy atom. The van der Waals surface area contributed by atoms with E-state index in [-0.39, 0.29) is 19.9 Å². The summed E-state index contributed by atoms with van der Waals surface area (Å²) in [4.78, 5) is 37.7. The van der Waals surface area contributed by atoms with Crippen molar-refractivity contribution >= 4 is 66.5 Å². The quantitative estimate of drug-likeness (QED) is 0.196. The number of esters is 1. The molecule has 1 N–H and O–H groups in total. The molecule has 0 saturated carbocycles. The number of carbonyl (C=O) groups excluding carboxylic acids is 2. The van der Waals surface area contributed by atoms with E-state index in [1.807, 2.05) is 0 Å². The molecule has 3 rings (SSSR count). The number of halogens is 1. The molecule has 0 fully saturated rings. The summed E-state index contributed by atoms with van der Waals surface area (Å²) in [6, 6.07) is 11.0. The number of anilines is 1. The number of non-ortho nitro benzene ring substituents is 1. The largest absolute Gasteiger partial charge is 0.452 e. The number of nitro groups is 1. The minimum absolute atomic E-state index is 0.00389. The third kappa shape index (κ3) is 5.62. The van der Waals surface area contributed by atoms with Gasteiger partial charge in [0.2, 0.25) is 9.84 Å². The second kappa shape index (κ2) is 9.49. The summed E-state index contributed by atoms with van der Waals surface area (Å²) in [5, 5.41) is 13.1. The lowest BCUT2D eigenvalue weighted by Gasteiger charge is -2.05. The molecule has 0 aliphatic heterocycles. The lowest BCUT2D eigenvalue weighted by atomic mass is 10.2. The van der Waals surface area contributed by atoms with Crippen LogP contribution in [0.1, 0.15) is 10.4 Å². The fourth-order valence-corrected chi connectivity index (χ4v) is 5.07. The Morgan fingerprint density at radius 3 is 2.39 bits per heavy atom. The highest BCUT2D eigenvalue weighted by molar-refractivity contribution is 14.1. The van der Waals surface area contributed by atoms with Crippen LogP contribution in [-0.4, -0.2) is 36.8 Å². The van der Waals surface area contributed by atoms with E-state index in [2.05, 4.69) is 32.9 Å². The minimum atomic E-state index is -3.97. The molecule has 0 aliphatic carbocycles. The number of nitrogens with one attached hydrogen (secondary N) is 1. The van der Waals surface area contributed by atoms with Crippen LogP contribution in [0.15, 0.2) is 63.8 Å². The molecule has 0 bridgehead atoms. The van der Waals surface area contributed by atoms with Crippen LogP contribution < -0.4 is 5.32 Å². The molecule has 2 aromatic carbocycles. The van der Waals surface area contributed by atoms with Gasteiger partial charge in [0.05, 0.1) is 21.6 Å². The number of rotatable bonds is 7. The van der Waals surface area contributed by atoms with Crippen molar-refractivity contribution in [1.82, 2.24) is 4.98 Å². The highest BCUT2D eigenvalue weighted by Gasteiger charge is 2.22.